The average molecular weight is 263 g/mol. The maximum atomic E-state index is 11.9. The topological polar surface area (TPSA) is 65.0 Å². The van der Waals surface area contributed by atoms with Crippen molar-refractivity contribution in [2.45, 2.75) is 47.6 Å². The van der Waals surface area contributed by atoms with E-state index in [4.69, 9.17) is 9.15 Å². The maximum Gasteiger partial charge on any atom is 0.397 e. The van der Waals surface area contributed by atoms with Crippen LogP contribution in [-0.4, -0.2) is 24.3 Å². The highest BCUT2D eigenvalue weighted by atomic mass is 31.2. The molecule has 6 heteroatoms. The Balaban J connectivity index is 4.57. The van der Waals surface area contributed by atoms with Crippen LogP contribution in [-0.2, 0) is 18.5 Å². The van der Waals surface area contributed by atoms with Crippen LogP contribution in [0.4, 0.5) is 0 Å². The predicted octanol–water partition coefficient (Wildman–Crippen LogP) is 3.24. The molecule has 0 radical (unpaired) electrons. The van der Waals surface area contributed by atoms with Crippen LogP contribution in [0.15, 0.2) is 5.16 Å². The van der Waals surface area contributed by atoms with Gasteiger partial charge in [0.1, 0.15) is 5.71 Å². The first-order valence-corrected chi connectivity index (χ1v) is 7.45. The summed E-state index contributed by atoms with van der Waals surface area (Å²) in [6, 6.07) is 0. The van der Waals surface area contributed by atoms with Gasteiger partial charge in [0.15, 0.2) is 5.78 Å². The first-order valence-electron chi connectivity index (χ1n) is 5.46. The highest BCUT2D eigenvalue weighted by Crippen LogP contribution is 2.47. The van der Waals surface area contributed by atoms with Crippen molar-refractivity contribution in [1.82, 2.24) is 0 Å². The van der Waals surface area contributed by atoms with Gasteiger partial charge in [-0.3, -0.25) is 9.32 Å². The van der Waals surface area contributed by atoms with Crippen molar-refractivity contribution < 1.29 is 18.5 Å². The molecule has 17 heavy (non-hydrogen) atoms. The number of oxime groups is 1. The van der Waals surface area contributed by atoms with Crippen LogP contribution in [0.5, 0.6) is 0 Å². The third kappa shape index (κ3) is 6.59. The molecule has 0 bridgehead atoms. The Morgan fingerprint density at radius 1 is 1.29 bits per heavy atom. The zero-order valence-corrected chi connectivity index (χ0v) is 12.5. The second-order valence-corrected chi connectivity index (χ2v) is 7.12. The van der Waals surface area contributed by atoms with Gasteiger partial charge in [0, 0.05) is 6.92 Å². The molecule has 0 aromatic carbocycles. The van der Waals surface area contributed by atoms with Crippen LogP contribution in [0, 0.1) is 5.41 Å². The van der Waals surface area contributed by atoms with E-state index in [-0.39, 0.29) is 23.0 Å². The highest BCUT2D eigenvalue weighted by molar-refractivity contribution is 7.52. The summed E-state index contributed by atoms with van der Waals surface area (Å²) >= 11 is 0. The van der Waals surface area contributed by atoms with E-state index in [0.717, 1.165) is 0 Å². The Morgan fingerprint density at radius 2 is 1.76 bits per heavy atom. The molecule has 0 rings (SSSR count). The van der Waals surface area contributed by atoms with Crippen molar-refractivity contribution in [3.05, 3.63) is 0 Å². The lowest BCUT2D eigenvalue weighted by molar-refractivity contribution is -0.111. The lowest BCUT2D eigenvalue weighted by Gasteiger charge is -2.28. The minimum Gasteiger partial charge on any atom is -0.314 e. The van der Waals surface area contributed by atoms with Crippen molar-refractivity contribution in [3.63, 3.8) is 0 Å². The predicted molar refractivity (Wildman–Crippen MR) is 68.4 cm³/mol. The number of ketones is 1. The second-order valence-electron chi connectivity index (χ2n) is 5.20. The van der Waals surface area contributed by atoms with Gasteiger partial charge < -0.3 is 4.62 Å². The molecule has 0 aromatic rings. The Kier molecular flexibility index (Phi) is 5.56. The number of carbonyl (C=O) groups is 1. The van der Waals surface area contributed by atoms with Gasteiger partial charge in [-0.25, -0.2) is 4.57 Å². The van der Waals surface area contributed by atoms with Crippen molar-refractivity contribution in [2.75, 3.05) is 6.66 Å². The maximum absolute atomic E-state index is 11.9. The van der Waals surface area contributed by atoms with Gasteiger partial charge >= 0.3 is 7.60 Å². The molecule has 5 nitrogen and oxygen atoms in total. The van der Waals surface area contributed by atoms with E-state index in [2.05, 4.69) is 5.16 Å². The summed E-state index contributed by atoms with van der Waals surface area (Å²) in [5.41, 5.74) is 0.0213. The summed E-state index contributed by atoms with van der Waals surface area (Å²) in [6.45, 7) is 11.9. The number of hydrogen-bond donors (Lipinski definition) is 0. The molecule has 0 heterocycles. The second kappa shape index (κ2) is 5.78. The molecule has 1 unspecified atom stereocenters. The molecular formula is C11H22NO4P. The van der Waals surface area contributed by atoms with Crippen LogP contribution < -0.4 is 0 Å². The van der Waals surface area contributed by atoms with Crippen LogP contribution >= 0.6 is 7.60 Å². The minimum absolute atomic E-state index is 0.144. The van der Waals surface area contributed by atoms with Crippen molar-refractivity contribution in [3.8, 4) is 0 Å². The third-order valence-electron chi connectivity index (χ3n) is 2.40. The molecule has 100 valence electrons. The van der Waals surface area contributed by atoms with Crippen LogP contribution in [0.1, 0.15) is 41.5 Å². The molecule has 0 fully saturated rings. The minimum atomic E-state index is -3.28. The summed E-state index contributed by atoms with van der Waals surface area (Å²) in [6.07, 6.45) is -0.244. The third-order valence-corrected chi connectivity index (χ3v) is 3.48. The summed E-state index contributed by atoms with van der Waals surface area (Å²) < 4.78 is 22.1. The molecule has 0 saturated carbocycles. The fourth-order valence-corrected chi connectivity index (χ4v) is 1.86. The fourth-order valence-electron chi connectivity index (χ4n) is 0.664. The number of nitrogens with zero attached hydrogens (tertiary/aromatic N) is 1. The van der Waals surface area contributed by atoms with Gasteiger partial charge in [0.05, 0.1) is 12.8 Å². The number of carbonyl (C=O) groups excluding carboxylic acids is 1. The molecule has 0 saturated heterocycles. The summed E-state index contributed by atoms with van der Waals surface area (Å²) in [4.78, 5) is 10.9. The van der Waals surface area contributed by atoms with Crippen LogP contribution in [0.2, 0.25) is 0 Å². The Bertz CT molecular complexity index is 357. The molecular weight excluding hydrogens is 241 g/mol. The molecule has 0 N–H and O–H groups in total. The Hall–Kier alpha value is -0.670. The lowest BCUT2D eigenvalue weighted by atomic mass is 9.91. The van der Waals surface area contributed by atoms with Gasteiger partial charge in [-0.1, -0.05) is 25.9 Å². The quantitative estimate of drug-likeness (QED) is 0.434. The molecule has 0 aliphatic heterocycles. The zero-order chi connectivity index (χ0) is 13.9. The van der Waals surface area contributed by atoms with Crippen molar-refractivity contribution in [2.24, 2.45) is 10.6 Å². The van der Waals surface area contributed by atoms with E-state index < -0.39 is 7.60 Å². The van der Waals surface area contributed by atoms with E-state index in [1.165, 1.54) is 20.5 Å². The molecule has 0 aliphatic rings. The average Bonchev–Trinajstić information content (AvgIpc) is 2.11. The monoisotopic (exact) mass is 263 g/mol. The molecule has 0 aliphatic carbocycles. The normalized spacial score (nSPS) is 18.4. The number of Topliss-reactive ketones (excluding diaryl/α,β-unsaturated/α-hetero) is 1. The smallest absolute Gasteiger partial charge is 0.314 e. The van der Waals surface area contributed by atoms with Crippen molar-refractivity contribution in [1.29, 1.82) is 0 Å². The van der Waals surface area contributed by atoms with E-state index in [1.807, 2.05) is 27.7 Å². The lowest BCUT2D eigenvalue weighted by Crippen LogP contribution is -2.25. The fraction of sp³-hybridized carbons (Fsp3) is 0.818. The summed E-state index contributed by atoms with van der Waals surface area (Å²) in [7, 11) is -3.28. The standard InChI is InChI=1S/C11H22NO4P/c1-8(9(2)13)12-16-17(7,14)15-10(3)11(4,5)6/h10H,1-7H3/b12-8+/t10?,17-/m1/s1. The van der Waals surface area contributed by atoms with Gasteiger partial charge in [-0.05, 0) is 19.3 Å². The number of hydrogen-bond acceptors (Lipinski definition) is 5. The van der Waals surface area contributed by atoms with Crippen molar-refractivity contribution >= 4 is 19.1 Å². The van der Waals surface area contributed by atoms with E-state index in [1.54, 1.807) is 0 Å². The van der Waals surface area contributed by atoms with Crippen LogP contribution in [0.25, 0.3) is 0 Å². The highest BCUT2D eigenvalue weighted by Gasteiger charge is 2.29. The summed E-state index contributed by atoms with van der Waals surface area (Å²) in [5.74, 6) is -0.228. The SMILES string of the molecule is CC(=O)/C(C)=N/O[P@](C)(=O)OC(C)C(C)(C)C. The molecule has 0 spiro atoms. The van der Waals surface area contributed by atoms with Crippen LogP contribution in [0.3, 0.4) is 0 Å². The van der Waals surface area contributed by atoms with Gasteiger partial charge in [-0.15, -0.1) is 0 Å². The van der Waals surface area contributed by atoms with Gasteiger partial charge in [-0.2, -0.15) is 0 Å². The largest absolute Gasteiger partial charge is 0.397 e. The first kappa shape index (κ1) is 16.3. The van der Waals surface area contributed by atoms with E-state index in [9.17, 15) is 9.36 Å². The molecule has 0 amide bonds. The van der Waals surface area contributed by atoms with Gasteiger partial charge in [0.2, 0.25) is 0 Å². The summed E-state index contributed by atoms with van der Waals surface area (Å²) in [5, 5.41) is 3.51. The number of rotatable bonds is 5. The first-order chi connectivity index (χ1) is 7.46. The van der Waals surface area contributed by atoms with Gasteiger partial charge in [0.25, 0.3) is 0 Å². The Labute approximate surface area is 103 Å². The molecule has 0 aromatic heterocycles. The molecule has 2 atom stereocenters. The zero-order valence-electron chi connectivity index (χ0n) is 11.6. The van der Waals surface area contributed by atoms with E-state index >= 15 is 0 Å². The van der Waals surface area contributed by atoms with E-state index in [0.29, 0.717) is 0 Å². The Morgan fingerprint density at radius 3 is 2.12 bits per heavy atom.